The lowest BCUT2D eigenvalue weighted by Crippen LogP contribution is -2.52. The molecule has 2 aromatic rings. The minimum Gasteiger partial charge on any atom is -0.352 e. The molecule has 6 heteroatoms. The highest BCUT2D eigenvalue weighted by atomic mass is 16.2. The largest absolute Gasteiger partial charge is 0.352 e. The van der Waals surface area contributed by atoms with E-state index in [1.165, 1.54) is 22.3 Å². The highest BCUT2D eigenvalue weighted by molar-refractivity contribution is 5.74. The standard InChI is InChI=1S/C23H33N5O/c1-17-14-19(23(3,4)5)15-18(2)20(17)6-7-26-22(29)28-12-10-27(11-13-28)21-16-24-8-9-25-21/h8-9,14-16H,6-7,10-13H2,1-5H3,(H,26,29). The van der Waals surface area contributed by atoms with E-state index in [0.717, 1.165) is 25.3 Å². The van der Waals surface area contributed by atoms with Crippen molar-refractivity contribution in [3.05, 3.63) is 53.0 Å². The SMILES string of the molecule is Cc1cc(C(C)(C)C)cc(C)c1CCNC(=O)N1CCN(c2cnccn2)CC1. The molecular weight excluding hydrogens is 362 g/mol. The summed E-state index contributed by atoms with van der Waals surface area (Å²) >= 11 is 0. The highest BCUT2D eigenvalue weighted by Gasteiger charge is 2.22. The van der Waals surface area contributed by atoms with Gasteiger partial charge in [0.25, 0.3) is 0 Å². The van der Waals surface area contributed by atoms with Crippen LogP contribution in [0.25, 0.3) is 0 Å². The summed E-state index contributed by atoms with van der Waals surface area (Å²) in [6.45, 7) is 14.7. The molecule has 1 fully saturated rings. The van der Waals surface area contributed by atoms with Crippen LogP contribution in [0.3, 0.4) is 0 Å². The average molecular weight is 396 g/mol. The number of rotatable bonds is 4. The molecule has 0 bridgehead atoms. The molecular formula is C23H33N5O. The average Bonchev–Trinajstić information content (AvgIpc) is 2.70. The maximum absolute atomic E-state index is 12.6. The Morgan fingerprint density at radius 1 is 1.07 bits per heavy atom. The fourth-order valence-corrected chi connectivity index (χ4v) is 3.82. The fourth-order valence-electron chi connectivity index (χ4n) is 3.82. The van der Waals surface area contributed by atoms with E-state index in [4.69, 9.17) is 0 Å². The van der Waals surface area contributed by atoms with Gasteiger partial charge in [-0.2, -0.15) is 0 Å². The van der Waals surface area contributed by atoms with E-state index < -0.39 is 0 Å². The number of hydrogen-bond donors (Lipinski definition) is 1. The molecule has 0 saturated carbocycles. The summed E-state index contributed by atoms with van der Waals surface area (Å²) in [4.78, 5) is 25.1. The van der Waals surface area contributed by atoms with Crippen molar-refractivity contribution in [2.45, 2.75) is 46.5 Å². The molecule has 0 aliphatic carbocycles. The second-order valence-corrected chi connectivity index (χ2v) is 8.86. The molecule has 3 rings (SSSR count). The van der Waals surface area contributed by atoms with Crippen molar-refractivity contribution in [1.82, 2.24) is 20.2 Å². The Balaban J connectivity index is 1.49. The molecule has 2 heterocycles. The normalized spacial score (nSPS) is 14.8. The van der Waals surface area contributed by atoms with Crippen LogP contribution in [0.2, 0.25) is 0 Å². The minimum absolute atomic E-state index is 0.0189. The van der Waals surface area contributed by atoms with E-state index in [1.54, 1.807) is 18.6 Å². The van der Waals surface area contributed by atoms with Crippen LogP contribution in [0, 0.1) is 13.8 Å². The number of nitrogens with one attached hydrogen (secondary N) is 1. The highest BCUT2D eigenvalue weighted by Crippen LogP contribution is 2.27. The summed E-state index contributed by atoms with van der Waals surface area (Å²) in [5, 5.41) is 3.10. The zero-order valence-electron chi connectivity index (χ0n) is 18.3. The number of anilines is 1. The van der Waals surface area contributed by atoms with Gasteiger partial charge in [-0.15, -0.1) is 0 Å². The molecule has 0 atom stereocenters. The van der Waals surface area contributed by atoms with Gasteiger partial charge in [0.2, 0.25) is 0 Å². The molecule has 1 saturated heterocycles. The number of piperazine rings is 1. The van der Waals surface area contributed by atoms with Gasteiger partial charge in [-0.3, -0.25) is 4.98 Å². The number of amides is 2. The summed E-state index contributed by atoms with van der Waals surface area (Å²) in [5.41, 5.74) is 5.46. The van der Waals surface area contributed by atoms with Gasteiger partial charge in [0.1, 0.15) is 5.82 Å². The first-order valence-corrected chi connectivity index (χ1v) is 10.4. The first kappa shape index (κ1) is 21.1. The lowest BCUT2D eigenvalue weighted by atomic mass is 9.83. The van der Waals surface area contributed by atoms with Crippen molar-refractivity contribution in [3.63, 3.8) is 0 Å². The van der Waals surface area contributed by atoms with E-state index in [1.807, 2.05) is 4.90 Å². The number of carbonyl (C=O) groups is 1. The van der Waals surface area contributed by atoms with Gasteiger partial charge < -0.3 is 15.1 Å². The molecule has 156 valence electrons. The molecule has 0 radical (unpaired) electrons. The zero-order chi connectivity index (χ0) is 21.0. The van der Waals surface area contributed by atoms with Gasteiger partial charge in [-0.05, 0) is 47.9 Å². The predicted molar refractivity (Wildman–Crippen MR) is 118 cm³/mol. The molecule has 0 spiro atoms. The van der Waals surface area contributed by atoms with Crippen molar-refractivity contribution in [2.24, 2.45) is 0 Å². The topological polar surface area (TPSA) is 61.4 Å². The van der Waals surface area contributed by atoms with Gasteiger partial charge in [-0.25, -0.2) is 9.78 Å². The second-order valence-electron chi connectivity index (χ2n) is 8.86. The van der Waals surface area contributed by atoms with Crippen LogP contribution in [0.15, 0.2) is 30.7 Å². The molecule has 0 unspecified atom stereocenters. The minimum atomic E-state index is 0.0189. The van der Waals surface area contributed by atoms with E-state index in [0.29, 0.717) is 19.6 Å². The van der Waals surface area contributed by atoms with Crippen molar-refractivity contribution in [3.8, 4) is 0 Å². The number of urea groups is 1. The van der Waals surface area contributed by atoms with Gasteiger partial charge in [0, 0.05) is 45.1 Å². The lowest BCUT2D eigenvalue weighted by Gasteiger charge is -2.35. The maximum atomic E-state index is 12.6. The summed E-state index contributed by atoms with van der Waals surface area (Å²) < 4.78 is 0. The molecule has 1 aliphatic heterocycles. The third kappa shape index (κ3) is 5.25. The Morgan fingerprint density at radius 2 is 1.72 bits per heavy atom. The Labute approximate surface area is 174 Å². The van der Waals surface area contributed by atoms with Gasteiger partial charge >= 0.3 is 6.03 Å². The Kier molecular flexibility index (Phi) is 6.40. The summed E-state index contributed by atoms with van der Waals surface area (Å²) in [7, 11) is 0. The molecule has 29 heavy (non-hydrogen) atoms. The van der Waals surface area contributed by atoms with E-state index in [2.05, 4.69) is 66.9 Å². The van der Waals surface area contributed by atoms with Crippen LogP contribution in [0.5, 0.6) is 0 Å². The van der Waals surface area contributed by atoms with Crippen LogP contribution in [-0.2, 0) is 11.8 Å². The summed E-state index contributed by atoms with van der Waals surface area (Å²) in [6, 6.07) is 4.59. The Bertz CT molecular complexity index is 813. The van der Waals surface area contributed by atoms with Gasteiger partial charge in [0.15, 0.2) is 0 Å². The first-order valence-electron chi connectivity index (χ1n) is 10.4. The van der Waals surface area contributed by atoms with Crippen LogP contribution < -0.4 is 10.2 Å². The number of carbonyl (C=O) groups excluding carboxylic acids is 1. The van der Waals surface area contributed by atoms with Crippen molar-refractivity contribution in [2.75, 3.05) is 37.6 Å². The Hall–Kier alpha value is -2.63. The molecule has 1 aromatic carbocycles. The van der Waals surface area contributed by atoms with Crippen LogP contribution in [0.1, 0.15) is 43.0 Å². The maximum Gasteiger partial charge on any atom is 0.317 e. The predicted octanol–water partition coefficient (Wildman–Crippen LogP) is 3.47. The molecule has 6 nitrogen and oxygen atoms in total. The number of hydrogen-bond acceptors (Lipinski definition) is 4. The summed E-state index contributed by atoms with van der Waals surface area (Å²) in [6.07, 6.45) is 6.00. The van der Waals surface area contributed by atoms with Gasteiger partial charge in [0.05, 0.1) is 6.20 Å². The van der Waals surface area contributed by atoms with Crippen LogP contribution in [-0.4, -0.2) is 53.6 Å². The Morgan fingerprint density at radius 3 is 2.28 bits per heavy atom. The van der Waals surface area contributed by atoms with Crippen molar-refractivity contribution >= 4 is 11.8 Å². The third-order valence-corrected chi connectivity index (χ3v) is 5.65. The molecule has 1 N–H and O–H groups in total. The lowest BCUT2D eigenvalue weighted by molar-refractivity contribution is 0.194. The first-order chi connectivity index (χ1) is 13.8. The quantitative estimate of drug-likeness (QED) is 0.861. The van der Waals surface area contributed by atoms with E-state index >= 15 is 0 Å². The van der Waals surface area contributed by atoms with Crippen LogP contribution >= 0.6 is 0 Å². The molecule has 2 amide bonds. The number of benzene rings is 1. The van der Waals surface area contributed by atoms with Gasteiger partial charge in [-0.1, -0.05) is 32.9 Å². The fraction of sp³-hybridized carbons (Fsp3) is 0.522. The van der Waals surface area contributed by atoms with E-state index in [-0.39, 0.29) is 11.4 Å². The molecule has 1 aromatic heterocycles. The number of aryl methyl sites for hydroxylation is 2. The number of aromatic nitrogens is 2. The monoisotopic (exact) mass is 395 g/mol. The second kappa shape index (κ2) is 8.80. The van der Waals surface area contributed by atoms with E-state index in [9.17, 15) is 4.79 Å². The van der Waals surface area contributed by atoms with Crippen molar-refractivity contribution < 1.29 is 4.79 Å². The smallest absolute Gasteiger partial charge is 0.317 e. The van der Waals surface area contributed by atoms with Crippen LogP contribution in [0.4, 0.5) is 10.6 Å². The molecule has 1 aliphatic rings. The summed E-state index contributed by atoms with van der Waals surface area (Å²) in [5.74, 6) is 0.872. The zero-order valence-corrected chi connectivity index (χ0v) is 18.3. The third-order valence-electron chi connectivity index (χ3n) is 5.65. The number of nitrogens with zero attached hydrogens (tertiary/aromatic N) is 4. The van der Waals surface area contributed by atoms with Crippen molar-refractivity contribution in [1.29, 1.82) is 0 Å².